The van der Waals surface area contributed by atoms with Gasteiger partial charge in [-0.2, -0.15) is 0 Å². The number of nitrogens with one attached hydrogen (secondary N) is 1. The van der Waals surface area contributed by atoms with Crippen LogP contribution in [0.15, 0.2) is 10.6 Å². The lowest BCUT2D eigenvalue weighted by Crippen LogP contribution is -2.19. The van der Waals surface area contributed by atoms with E-state index in [1.54, 1.807) is 0 Å². The molecule has 1 aromatic rings. The minimum Gasteiger partial charge on any atom is -0.445 e. The van der Waals surface area contributed by atoms with Crippen molar-refractivity contribution in [3.05, 3.63) is 17.8 Å². The summed E-state index contributed by atoms with van der Waals surface area (Å²) in [5, 5.41) is 3.47. The third-order valence-corrected chi connectivity index (χ3v) is 3.48. The van der Waals surface area contributed by atoms with Crippen LogP contribution >= 0.6 is 0 Å². The maximum absolute atomic E-state index is 5.79. The zero-order valence-electron chi connectivity index (χ0n) is 10.2. The summed E-state index contributed by atoms with van der Waals surface area (Å²) in [6.07, 6.45) is 7.72. The molecular formula is C13H20N2O2. The average molecular weight is 236 g/mol. The van der Waals surface area contributed by atoms with E-state index in [9.17, 15) is 0 Å². The lowest BCUT2D eigenvalue weighted by atomic mass is 10.0. The Kier molecular flexibility index (Phi) is 3.43. The van der Waals surface area contributed by atoms with Gasteiger partial charge in [0.15, 0.2) is 5.89 Å². The highest BCUT2D eigenvalue weighted by Gasteiger charge is 2.21. The highest BCUT2D eigenvalue weighted by atomic mass is 16.5. The molecule has 0 radical (unpaired) electrons. The third-order valence-electron chi connectivity index (χ3n) is 3.48. The molecule has 0 amide bonds. The largest absolute Gasteiger partial charge is 0.445 e. The zero-order valence-corrected chi connectivity index (χ0v) is 10.2. The Hall–Kier alpha value is -0.870. The van der Waals surface area contributed by atoms with E-state index in [1.165, 1.54) is 12.8 Å². The summed E-state index contributed by atoms with van der Waals surface area (Å²) in [6, 6.07) is 0.760. The van der Waals surface area contributed by atoms with Gasteiger partial charge in [0.25, 0.3) is 0 Å². The highest BCUT2D eigenvalue weighted by molar-refractivity contribution is 5.03. The molecule has 1 aromatic heterocycles. The van der Waals surface area contributed by atoms with Crippen molar-refractivity contribution in [1.29, 1.82) is 0 Å². The van der Waals surface area contributed by atoms with Gasteiger partial charge in [0.1, 0.15) is 5.76 Å². The van der Waals surface area contributed by atoms with Crippen molar-refractivity contribution in [2.24, 2.45) is 0 Å². The van der Waals surface area contributed by atoms with Crippen LogP contribution in [-0.2, 0) is 11.2 Å². The average Bonchev–Trinajstić information content (AvgIpc) is 3.07. The molecule has 2 heterocycles. The Morgan fingerprint density at radius 3 is 3.06 bits per heavy atom. The monoisotopic (exact) mass is 236 g/mol. The summed E-state index contributed by atoms with van der Waals surface area (Å²) in [5.74, 6) is 2.28. The minimum atomic E-state index is 0.418. The van der Waals surface area contributed by atoms with E-state index in [4.69, 9.17) is 9.15 Å². The van der Waals surface area contributed by atoms with Gasteiger partial charge in [-0.15, -0.1) is 0 Å². The molecule has 3 rings (SSSR count). The van der Waals surface area contributed by atoms with Gasteiger partial charge in [-0.1, -0.05) is 0 Å². The van der Waals surface area contributed by atoms with Crippen LogP contribution in [0.1, 0.15) is 43.3 Å². The summed E-state index contributed by atoms with van der Waals surface area (Å²) in [5.41, 5.74) is 0. The first-order valence-corrected chi connectivity index (χ1v) is 6.67. The van der Waals surface area contributed by atoms with E-state index >= 15 is 0 Å². The van der Waals surface area contributed by atoms with Gasteiger partial charge in [-0.25, -0.2) is 4.98 Å². The topological polar surface area (TPSA) is 47.3 Å². The standard InChI is InChI=1S/C13H20N2O2/c1-2-10(9-16-7-1)12-8-15-13(17-12)5-6-14-11-3-4-11/h8,10-11,14H,1-7,9H2. The van der Waals surface area contributed by atoms with Crippen molar-refractivity contribution in [1.82, 2.24) is 10.3 Å². The molecule has 4 nitrogen and oxygen atoms in total. The van der Waals surface area contributed by atoms with Gasteiger partial charge in [-0.05, 0) is 25.7 Å². The molecule has 1 saturated carbocycles. The molecule has 2 fully saturated rings. The van der Waals surface area contributed by atoms with Crippen LogP contribution in [-0.4, -0.2) is 30.8 Å². The van der Waals surface area contributed by atoms with E-state index < -0.39 is 0 Å². The van der Waals surface area contributed by atoms with E-state index in [0.29, 0.717) is 5.92 Å². The van der Waals surface area contributed by atoms with E-state index in [-0.39, 0.29) is 0 Å². The number of hydrogen-bond donors (Lipinski definition) is 1. The first kappa shape index (κ1) is 11.2. The maximum atomic E-state index is 5.79. The van der Waals surface area contributed by atoms with Crippen LogP contribution in [0.4, 0.5) is 0 Å². The smallest absolute Gasteiger partial charge is 0.195 e. The lowest BCUT2D eigenvalue weighted by Gasteiger charge is -2.19. The van der Waals surface area contributed by atoms with Gasteiger partial charge < -0.3 is 14.5 Å². The molecule has 0 aromatic carbocycles. The van der Waals surface area contributed by atoms with Crippen LogP contribution in [0, 0.1) is 0 Å². The SMILES string of the molecule is c1nc(CCNC2CC2)oc1C1CCCOC1. The van der Waals surface area contributed by atoms with Crippen LogP contribution in [0.5, 0.6) is 0 Å². The molecule has 2 aliphatic rings. The highest BCUT2D eigenvalue weighted by Crippen LogP contribution is 2.26. The van der Waals surface area contributed by atoms with Crippen molar-refractivity contribution < 1.29 is 9.15 Å². The fraction of sp³-hybridized carbons (Fsp3) is 0.769. The van der Waals surface area contributed by atoms with Crippen LogP contribution in [0.2, 0.25) is 0 Å². The molecule has 0 bridgehead atoms. The van der Waals surface area contributed by atoms with E-state index in [0.717, 1.165) is 56.7 Å². The van der Waals surface area contributed by atoms with Crippen LogP contribution in [0.3, 0.4) is 0 Å². The third kappa shape index (κ3) is 3.07. The molecule has 4 heteroatoms. The molecule has 1 aliphatic heterocycles. The number of nitrogens with zero attached hydrogens (tertiary/aromatic N) is 1. The second-order valence-corrected chi connectivity index (χ2v) is 5.05. The molecule has 1 atom stereocenters. The predicted octanol–water partition coefficient (Wildman–Crippen LogP) is 1.86. The minimum absolute atomic E-state index is 0.418. The summed E-state index contributed by atoms with van der Waals surface area (Å²) >= 11 is 0. The van der Waals surface area contributed by atoms with Crippen molar-refractivity contribution in [2.75, 3.05) is 19.8 Å². The number of oxazole rings is 1. The molecule has 0 spiro atoms. The molecule has 1 unspecified atom stereocenters. The fourth-order valence-corrected chi connectivity index (χ4v) is 2.26. The van der Waals surface area contributed by atoms with Gasteiger partial charge in [0, 0.05) is 31.5 Å². The number of rotatable bonds is 5. The number of aromatic nitrogens is 1. The second-order valence-electron chi connectivity index (χ2n) is 5.05. The van der Waals surface area contributed by atoms with Gasteiger partial charge >= 0.3 is 0 Å². The van der Waals surface area contributed by atoms with E-state index in [1.807, 2.05) is 6.20 Å². The van der Waals surface area contributed by atoms with Crippen molar-refractivity contribution in [3.8, 4) is 0 Å². The second kappa shape index (κ2) is 5.19. The summed E-state index contributed by atoms with van der Waals surface area (Å²) < 4.78 is 11.3. The quantitative estimate of drug-likeness (QED) is 0.847. The Labute approximate surface area is 102 Å². The molecule has 17 heavy (non-hydrogen) atoms. The van der Waals surface area contributed by atoms with Gasteiger partial charge in [0.05, 0.1) is 12.8 Å². The van der Waals surface area contributed by atoms with Gasteiger partial charge in [0.2, 0.25) is 0 Å². The Morgan fingerprint density at radius 2 is 2.29 bits per heavy atom. The normalized spacial score (nSPS) is 25.1. The Balaban J connectivity index is 1.49. The zero-order chi connectivity index (χ0) is 11.5. The Bertz CT molecular complexity index is 354. The molecule has 1 saturated heterocycles. The van der Waals surface area contributed by atoms with E-state index in [2.05, 4.69) is 10.3 Å². The van der Waals surface area contributed by atoms with Gasteiger partial charge in [-0.3, -0.25) is 0 Å². The summed E-state index contributed by atoms with van der Waals surface area (Å²) in [6.45, 7) is 2.66. The lowest BCUT2D eigenvalue weighted by molar-refractivity contribution is 0.0738. The summed E-state index contributed by atoms with van der Waals surface area (Å²) in [7, 11) is 0. The molecule has 94 valence electrons. The first-order chi connectivity index (χ1) is 8.42. The number of ether oxygens (including phenoxy) is 1. The summed E-state index contributed by atoms with van der Waals surface area (Å²) in [4.78, 5) is 4.35. The molecular weight excluding hydrogens is 216 g/mol. The van der Waals surface area contributed by atoms with Crippen molar-refractivity contribution in [3.63, 3.8) is 0 Å². The fourth-order valence-electron chi connectivity index (χ4n) is 2.26. The molecule has 1 N–H and O–H groups in total. The maximum Gasteiger partial charge on any atom is 0.195 e. The Morgan fingerprint density at radius 1 is 1.35 bits per heavy atom. The van der Waals surface area contributed by atoms with Crippen LogP contribution in [0.25, 0.3) is 0 Å². The predicted molar refractivity (Wildman–Crippen MR) is 64.0 cm³/mol. The van der Waals surface area contributed by atoms with Crippen LogP contribution < -0.4 is 5.32 Å². The number of hydrogen-bond acceptors (Lipinski definition) is 4. The first-order valence-electron chi connectivity index (χ1n) is 6.67. The van der Waals surface area contributed by atoms with Crippen molar-refractivity contribution in [2.45, 2.75) is 44.1 Å². The van der Waals surface area contributed by atoms with Crippen molar-refractivity contribution >= 4 is 0 Å². The molecule has 1 aliphatic carbocycles.